The van der Waals surface area contributed by atoms with Gasteiger partial charge in [0.1, 0.15) is 0 Å². The minimum Gasteiger partial charge on any atom is -0.371 e. The van der Waals surface area contributed by atoms with Gasteiger partial charge in [0.2, 0.25) is 17.6 Å². The quantitative estimate of drug-likeness (QED) is 0.681. The van der Waals surface area contributed by atoms with Crippen molar-refractivity contribution in [1.29, 1.82) is 0 Å². The molecule has 0 atom stereocenters. The highest BCUT2D eigenvalue weighted by molar-refractivity contribution is 5.76. The van der Waals surface area contributed by atoms with E-state index in [0.29, 0.717) is 31.1 Å². The van der Waals surface area contributed by atoms with Gasteiger partial charge in [-0.1, -0.05) is 23.4 Å². The summed E-state index contributed by atoms with van der Waals surface area (Å²) < 4.78 is 5.24. The maximum atomic E-state index is 12.3. The number of anilines is 1. The van der Waals surface area contributed by atoms with Gasteiger partial charge >= 0.3 is 0 Å². The van der Waals surface area contributed by atoms with Gasteiger partial charge in [-0.3, -0.25) is 9.78 Å². The predicted octanol–water partition coefficient (Wildman–Crippen LogP) is 2.98. The van der Waals surface area contributed by atoms with Crippen LogP contribution in [0.25, 0.3) is 11.4 Å². The van der Waals surface area contributed by atoms with Crippen LogP contribution in [0.2, 0.25) is 0 Å². The first-order valence-corrected chi connectivity index (χ1v) is 9.62. The zero-order chi connectivity index (χ0) is 19.2. The first kappa shape index (κ1) is 18.2. The molecule has 1 aliphatic heterocycles. The van der Waals surface area contributed by atoms with Crippen LogP contribution in [-0.2, 0) is 17.8 Å². The molecule has 1 aliphatic rings. The third-order valence-electron chi connectivity index (χ3n) is 4.87. The lowest BCUT2D eigenvalue weighted by atomic mass is 10.1. The summed E-state index contributed by atoms with van der Waals surface area (Å²) in [5, 5.41) is 6.96. The molecule has 0 saturated carbocycles. The van der Waals surface area contributed by atoms with Crippen molar-refractivity contribution < 1.29 is 9.32 Å². The number of carbonyl (C=O) groups excluding carboxylic acids is 1. The molecular weight excluding hydrogens is 354 g/mol. The van der Waals surface area contributed by atoms with E-state index in [1.54, 1.807) is 12.4 Å². The van der Waals surface area contributed by atoms with E-state index in [9.17, 15) is 4.79 Å². The molecule has 0 unspecified atom stereocenters. The number of nitrogens with one attached hydrogen (secondary N) is 1. The first-order valence-electron chi connectivity index (χ1n) is 9.62. The van der Waals surface area contributed by atoms with E-state index in [1.807, 2.05) is 24.3 Å². The van der Waals surface area contributed by atoms with Crippen LogP contribution >= 0.6 is 0 Å². The second kappa shape index (κ2) is 8.65. The van der Waals surface area contributed by atoms with Crippen molar-refractivity contribution in [2.75, 3.05) is 18.0 Å². The Morgan fingerprint density at radius 1 is 1.14 bits per heavy atom. The lowest BCUT2D eigenvalue weighted by molar-refractivity contribution is -0.121. The molecule has 144 valence electrons. The Bertz CT molecular complexity index is 919. The topological polar surface area (TPSA) is 84.1 Å². The Hall–Kier alpha value is -3.22. The predicted molar refractivity (Wildman–Crippen MR) is 106 cm³/mol. The molecule has 0 bridgehead atoms. The van der Waals surface area contributed by atoms with E-state index in [1.165, 1.54) is 18.5 Å². The molecule has 1 aromatic carbocycles. The lowest BCUT2D eigenvalue weighted by Gasteiger charge is -2.21. The van der Waals surface area contributed by atoms with E-state index in [2.05, 4.69) is 37.5 Å². The van der Waals surface area contributed by atoms with Crippen molar-refractivity contribution in [2.24, 2.45) is 0 Å². The molecule has 7 heteroatoms. The van der Waals surface area contributed by atoms with Crippen LogP contribution < -0.4 is 10.2 Å². The first-order chi connectivity index (χ1) is 13.8. The van der Waals surface area contributed by atoms with Gasteiger partial charge in [-0.25, -0.2) is 0 Å². The van der Waals surface area contributed by atoms with Crippen molar-refractivity contribution in [3.05, 3.63) is 60.2 Å². The summed E-state index contributed by atoms with van der Waals surface area (Å²) in [5.41, 5.74) is 3.16. The molecule has 4 rings (SSSR count). The van der Waals surface area contributed by atoms with E-state index in [4.69, 9.17) is 4.52 Å². The molecular formula is C21H23N5O2. The Morgan fingerprint density at radius 2 is 2.00 bits per heavy atom. The summed E-state index contributed by atoms with van der Waals surface area (Å²) in [6.45, 7) is 2.69. The fraction of sp³-hybridized carbons (Fsp3) is 0.333. The van der Waals surface area contributed by atoms with Crippen LogP contribution in [0.4, 0.5) is 5.69 Å². The van der Waals surface area contributed by atoms with Crippen LogP contribution in [0.5, 0.6) is 0 Å². The van der Waals surface area contributed by atoms with E-state index >= 15 is 0 Å². The average molecular weight is 377 g/mol. The third-order valence-corrected chi connectivity index (χ3v) is 4.87. The van der Waals surface area contributed by atoms with Crippen LogP contribution in [0.15, 0.2) is 53.3 Å². The Balaban J connectivity index is 1.29. The number of aryl methyl sites for hydroxylation is 1. The molecule has 3 heterocycles. The fourth-order valence-corrected chi connectivity index (χ4v) is 3.40. The summed E-state index contributed by atoms with van der Waals surface area (Å²) in [4.78, 5) is 23.0. The zero-order valence-electron chi connectivity index (χ0n) is 15.7. The highest BCUT2D eigenvalue weighted by Crippen LogP contribution is 2.24. The summed E-state index contributed by atoms with van der Waals surface area (Å²) >= 11 is 0. The minimum absolute atomic E-state index is 0.0302. The number of amides is 1. The summed E-state index contributed by atoms with van der Waals surface area (Å²) in [7, 11) is 0. The van der Waals surface area contributed by atoms with Crippen LogP contribution in [0.1, 0.15) is 30.7 Å². The standard InChI is InChI=1S/C21H23N5O2/c27-19(9-10-20-24-21(25-28-20)17-7-5-11-22-14-17)23-15-16-6-1-2-8-18(16)26-12-3-4-13-26/h1-2,5-8,11,14H,3-4,9-10,12-13,15H2,(H,23,27). The van der Waals surface area contributed by atoms with Crippen molar-refractivity contribution in [3.8, 4) is 11.4 Å². The number of carbonyl (C=O) groups is 1. The van der Waals surface area contributed by atoms with Gasteiger partial charge in [0, 0.05) is 56.1 Å². The van der Waals surface area contributed by atoms with Crippen molar-refractivity contribution in [1.82, 2.24) is 20.4 Å². The molecule has 3 aromatic rings. The molecule has 1 amide bonds. The average Bonchev–Trinajstić information content (AvgIpc) is 3.44. The second-order valence-corrected chi connectivity index (χ2v) is 6.85. The summed E-state index contributed by atoms with van der Waals surface area (Å²) in [6.07, 6.45) is 6.54. The van der Waals surface area contributed by atoms with Crippen molar-refractivity contribution in [3.63, 3.8) is 0 Å². The molecule has 1 fully saturated rings. The highest BCUT2D eigenvalue weighted by Gasteiger charge is 2.16. The Kier molecular flexibility index (Phi) is 5.61. The van der Waals surface area contributed by atoms with E-state index in [0.717, 1.165) is 24.2 Å². The molecule has 1 N–H and O–H groups in total. The van der Waals surface area contributed by atoms with Gasteiger partial charge in [0.25, 0.3) is 0 Å². The highest BCUT2D eigenvalue weighted by atomic mass is 16.5. The van der Waals surface area contributed by atoms with Crippen LogP contribution in [0, 0.1) is 0 Å². The van der Waals surface area contributed by atoms with Gasteiger partial charge in [0.05, 0.1) is 0 Å². The lowest BCUT2D eigenvalue weighted by Crippen LogP contribution is -2.25. The van der Waals surface area contributed by atoms with E-state index in [-0.39, 0.29) is 5.91 Å². The number of aromatic nitrogens is 3. The minimum atomic E-state index is -0.0302. The zero-order valence-corrected chi connectivity index (χ0v) is 15.7. The molecule has 0 radical (unpaired) electrons. The molecule has 1 saturated heterocycles. The molecule has 0 spiro atoms. The second-order valence-electron chi connectivity index (χ2n) is 6.85. The summed E-state index contributed by atoms with van der Waals surface area (Å²) in [6, 6.07) is 12.0. The van der Waals surface area contributed by atoms with Crippen molar-refractivity contribution >= 4 is 11.6 Å². The van der Waals surface area contributed by atoms with Gasteiger partial charge < -0.3 is 14.7 Å². The molecule has 7 nitrogen and oxygen atoms in total. The maximum Gasteiger partial charge on any atom is 0.227 e. The summed E-state index contributed by atoms with van der Waals surface area (Å²) in [5.74, 6) is 0.909. The number of hydrogen-bond donors (Lipinski definition) is 1. The smallest absolute Gasteiger partial charge is 0.227 e. The monoisotopic (exact) mass is 377 g/mol. The van der Waals surface area contributed by atoms with Gasteiger partial charge in [0.15, 0.2) is 0 Å². The number of rotatable bonds is 7. The fourth-order valence-electron chi connectivity index (χ4n) is 3.40. The number of pyridine rings is 1. The van der Waals surface area contributed by atoms with Gasteiger partial charge in [-0.15, -0.1) is 0 Å². The Labute approximate surface area is 163 Å². The van der Waals surface area contributed by atoms with Crippen LogP contribution in [0.3, 0.4) is 0 Å². The van der Waals surface area contributed by atoms with Gasteiger partial charge in [-0.05, 0) is 36.6 Å². The van der Waals surface area contributed by atoms with E-state index < -0.39 is 0 Å². The SMILES string of the molecule is O=C(CCc1nc(-c2cccnc2)no1)NCc1ccccc1N1CCCC1. The maximum absolute atomic E-state index is 12.3. The number of para-hydroxylation sites is 1. The Morgan fingerprint density at radius 3 is 2.82 bits per heavy atom. The number of nitrogens with zero attached hydrogens (tertiary/aromatic N) is 4. The third kappa shape index (κ3) is 4.36. The molecule has 0 aliphatic carbocycles. The molecule has 28 heavy (non-hydrogen) atoms. The van der Waals surface area contributed by atoms with Crippen LogP contribution in [-0.4, -0.2) is 34.1 Å². The largest absolute Gasteiger partial charge is 0.371 e. The normalized spacial score (nSPS) is 13.6. The van der Waals surface area contributed by atoms with Gasteiger partial charge in [-0.2, -0.15) is 4.98 Å². The number of hydrogen-bond acceptors (Lipinski definition) is 6. The molecule has 2 aromatic heterocycles. The number of benzene rings is 1. The van der Waals surface area contributed by atoms with Crippen molar-refractivity contribution in [2.45, 2.75) is 32.2 Å².